The van der Waals surface area contributed by atoms with Crippen LogP contribution in [-0.2, 0) is 16.1 Å². The fourth-order valence-electron chi connectivity index (χ4n) is 3.56. The van der Waals surface area contributed by atoms with Crippen LogP contribution in [0.3, 0.4) is 0 Å². The van der Waals surface area contributed by atoms with Gasteiger partial charge in [0.25, 0.3) is 5.91 Å². The highest BCUT2D eigenvalue weighted by Crippen LogP contribution is 2.36. The lowest BCUT2D eigenvalue weighted by molar-refractivity contribution is -0.127. The number of rotatable bonds is 5. The third-order valence-corrected chi connectivity index (χ3v) is 4.91. The normalized spacial score (nSPS) is 15.5. The lowest BCUT2D eigenvalue weighted by atomic mass is 10.1. The first-order valence-corrected chi connectivity index (χ1v) is 9.52. The van der Waals surface area contributed by atoms with Crippen molar-refractivity contribution in [3.8, 4) is 5.75 Å². The van der Waals surface area contributed by atoms with Crippen molar-refractivity contribution in [2.45, 2.75) is 19.6 Å². The number of likely N-dealkylation sites (N-methyl/N-ethyl adjacent to an activating group) is 1. The summed E-state index contributed by atoms with van der Waals surface area (Å²) in [4.78, 5) is 26.8. The molecule has 0 unspecified atom stereocenters. The van der Waals surface area contributed by atoms with Crippen LogP contribution in [0.5, 0.6) is 5.75 Å². The van der Waals surface area contributed by atoms with Crippen LogP contribution in [0.4, 0.5) is 5.69 Å². The number of amides is 1. The molecule has 150 valence electrons. The third kappa shape index (κ3) is 3.51. The van der Waals surface area contributed by atoms with Crippen molar-refractivity contribution in [2.75, 3.05) is 25.1 Å². The molecule has 4 rings (SSSR count). The average Bonchev–Trinajstić information content (AvgIpc) is 3.12. The molecule has 2 aromatic carbocycles. The maximum Gasteiger partial charge on any atom is 0.374 e. The average molecular weight is 394 g/mol. The highest BCUT2D eigenvalue weighted by atomic mass is 16.5. The number of nitrogens with one attached hydrogen (secondary N) is 1. The summed E-state index contributed by atoms with van der Waals surface area (Å²) in [6, 6.07) is 15.0. The molecule has 7 nitrogen and oxygen atoms in total. The molecule has 0 bridgehead atoms. The predicted octanol–water partition coefficient (Wildman–Crippen LogP) is 3.12. The second-order valence-corrected chi connectivity index (χ2v) is 6.70. The number of anilines is 1. The number of hydrogen-bond donors (Lipinski definition) is 1. The van der Waals surface area contributed by atoms with E-state index >= 15 is 0 Å². The summed E-state index contributed by atoms with van der Waals surface area (Å²) in [7, 11) is 1.58. The Hall–Kier alpha value is -3.48. The molecule has 0 aliphatic carbocycles. The molecule has 7 heteroatoms. The van der Waals surface area contributed by atoms with Gasteiger partial charge in [0.2, 0.25) is 5.76 Å². The zero-order chi connectivity index (χ0) is 20.4. The first kappa shape index (κ1) is 18.9. The van der Waals surface area contributed by atoms with E-state index in [0.717, 1.165) is 16.6 Å². The molecule has 0 saturated carbocycles. The van der Waals surface area contributed by atoms with Crippen LogP contribution in [0.1, 0.15) is 23.0 Å². The van der Waals surface area contributed by atoms with Gasteiger partial charge in [-0.05, 0) is 25.1 Å². The van der Waals surface area contributed by atoms with Crippen LogP contribution < -0.4 is 15.0 Å². The van der Waals surface area contributed by atoms with Gasteiger partial charge in [0.15, 0.2) is 6.10 Å². The molecule has 1 N–H and O–H groups in total. The summed E-state index contributed by atoms with van der Waals surface area (Å²) in [6.07, 6.45) is -0.654. The topological polar surface area (TPSA) is 81.0 Å². The quantitative estimate of drug-likeness (QED) is 0.670. The summed E-state index contributed by atoms with van der Waals surface area (Å²) in [5, 5.41) is 3.48. The van der Waals surface area contributed by atoms with E-state index in [9.17, 15) is 9.59 Å². The van der Waals surface area contributed by atoms with Gasteiger partial charge in [-0.2, -0.15) is 0 Å². The Morgan fingerprint density at radius 3 is 2.72 bits per heavy atom. The van der Waals surface area contributed by atoms with Gasteiger partial charge in [-0.25, -0.2) is 4.79 Å². The first-order chi connectivity index (χ1) is 14.1. The lowest BCUT2D eigenvalue weighted by Crippen LogP contribution is -2.48. The summed E-state index contributed by atoms with van der Waals surface area (Å²) < 4.78 is 16.9. The molecule has 1 amide bonds. The van der Waals surface area contributed by atoms with Crippen molar-refractivity contribution in [3.63, 3.8) is 0 Å². The monoisotopic (exact) mass is 394 g/mol. The van der Waals surface area contributed by atoms with E-state index in [1.165, 1.54) is 0 Å². The van der Waals surface area contributed by atoms with E-state index in [1.807, 2.05) is 53.4 Å². The zero-order valence-electron chi connectivity index (χ0n) is 16.3. The van der Waals surface area contributed by atoms with Crippen LogP contribution in [0.15, 0.2) is 52.9 Å². The number of benzene rings is 2. The van der Waals surface area contributed by atoms with Gasteiger partial charge in [0.1, 0.15) is 11.3 Å². The maximum absolute atomic E-state index is 12.5. The molecule has 29 heavy (non-hydrogen) atoms. The van der Waals surface area contributed by atoms with Crippen molar-refractivity contribution in [1.29, 1.82) is 0 Å². The Morgan fingerprint density at radius 2 is 1.93 bits per heavy atom. The Bertz CT molecular complexity index is 1060. The first-order valence-electron chi connectivity index (χ1n) is 9.52. The minimum Gasteiger partial charge on any atom is -0.477 e. The van der Waals surface area contributed by atoms with E-state index in [0.29, 0.717) is 24.4 Å². The molecule has 3 aromatic rings. The van der Waals surface area contributed by atoms with E-state index in [4.69, 9.17) is 13.9 Å². The molecule has 1 atom stereocenters. The Balaban J connectivity index is 1.76. The standard InChI is InChI=1S/C22H22N2O5/c1-3-27-22(26)20-15(14-8-4-6-10-17(14)29-20)12-24-13-19(21(25)23-2)28-18-11-7-5-9-16(18)24/h4-11,19H,3,12-13H2,1-2H3,(H,23,25)/t19-/m1/s1. The number of nitrogens with zero attached hydrogens (tertiary/aromatic N) is 1. The lowest BCUT2D eigenvalue weighted by Gasteiger charge is -2.35. The summed E-state index contributed by atoms with van der Waals surface area (Å²) >= 11 is 0. The van der Waals surface area contributed by atoms with E-state index in [-0.39, 0.29) is 18.3 Å². The maximum atomic E-state index is 12.5. The molecular weight excluding hydrogens is 372 g/mol. The minimum absolute atomic E-state index is 0.188. The molecule has 0 radical (unpaired) electrons. The number of carbonyl (C=O) groups is 2. The second kappa shape index (κ2) is 7.87. The highest BCUT2D eigenvalue weighted by molar-refractivity contribution is 5.96. The fourth-order valence-corrected chi connectivity index (χ4v) is 3.56. The molecule has 1 aliphatic rings. The van der Waals surface area contributed by atoms with Crippen LogP contribution >= 0.6 is 0 Å². The van der Waals surface area contributed by atoms with Gasteiger partial charge in [-0.1, -0.05) is 30.3 Å². The summed E-state index contributed by atoms with van der Waals surface area (Å²) in [6.45, 7) is 2.73. The van der Waals surface area contributed by atoms with Crippen molar-refractivity contribution in [1.82, 2.24) is 5.32 Å². The van der Waals surface area contributed by atoms with Crippen LogP contribution in [0.2, 0.25) is 0 Å². The van der Waals surface area contributed by atoms with Crippen molar-refractivity contribution in [2.24, 2.45) is 0 Å². The molecule has 0 fully saturated rings. The largest absolute Gasteiger partial charge is 0.477 e. The van der Waals surface area contributed by atoms with Gasteiger partial charge in [-0.3, -0.25) is 4.79 Å². The summed E-state index contributed by atoms with van der Waals surface area (Å²) in [5.74, 6) is 0.113. The Labute approximate surface area is 168 Å². The number of esters is 1. The summed E-state index contributed by atoms with van der Waals surface area (Å²) in [5.41, 5.74) is 2.20. The SMILES string of the molecule is CCOC(=O)c1oc2ccccc2c1CN1C[C@H](C(=O)NC)Oc2ccccc21. The highest BCUT2D eigenvalue weighted by Gasteiger charge is 2.32. The van der Waals surface area contributed by atoms with E-state index in [1.54, 1.807) is 14.0 Å². The number of ether oxygens (including phenoxy) is 2. The molecule has 2 heterocycles. The number of fused-ring (bicyclic) bond motifs is 2. The Morgan fingerprint density at radius 1 is 1.17 bits per heavy atom. The van der Waals surface area contributed by atoms with Crippen LogP contribution in [0, 0.1) is 0 Å². The van der Waals surface area contributed by atoms with Crippen LogP contribution in [-0.4, -0.2) is 38.2 Å². The van der Waals surface area contributed by atoms with Gasteiger partial charge < -0.3 is 24.1 Å². The predicted molar refractivity (Wildman–Crippen MR) is 108 cm³/mol. The van der Waals surface area contributed by atoms with Crippen molar-refractivity contribution in [3.05, 3.63) is 59.9 Å². The van der Waals surface area contributed by atoms with Gasteiger partial charge in [0.05, 0.1) is 18.8 Å². The van der Waals surface area contributed by atoms with E-state index in [2.05, 4.69) is 5.32 Å². The van der Waals surface area contributed by atoms with Gasteiger partial charge in [0, 0.05) is 24.5 Å². The fraction of sp³-hybridized carbons (Fsp3) is 0.273. The molecular formula is C22H22N2O5. The zero-order valence-corrected chi connectivity index (χ0v) is 16.3. The van der Waals surface area contributed by atoms with Crippen molar-refractivity contribution >= 4 is 28.5 Å². The molecule has 1 aromatic heterocycles. The molecule has 1 aliphatic heterocycles. The van der Waals surface area contributed by atoms with Crippen LogP contribution in [0.25, 0.3) is 11.0 Å². The minimum atomic E-state index is -0.654. The number of hydrogen-bond acceptors (Lipinski definition) is 6. The number of carbonyl (C=O) groups excluding carboxylic acids is 2. The Kier molecular flexibility index (Phi) is 5.12. The number of furan rings is 1. The molecule has 0 saturated heterocycles. The molecule has 0 spiro atoms. The van der Waals surface area contributed by atoms with Crippen molar-refractivity contribution < 1.29 is 23.5 Å². The number of para-hydroxylation sites is 3. The second-order valence-electron chi connectivity index (χ2n) is 6.70. The van der Waals surface area contributed by atoms with Gasteiger partial charge >= 0.3 is 5.97 Å². The van der Waals surface area contributed by atoms with Gasteiger partial charge in [-0.15, -0.1) is 0 Å². The third-order valence-electron chi connectivity index (χ3n) is 4.91. The van der Waals surface area contributed by atoms with E-state index < -0.39 is 12.1 Å². The smallest absolute Gasteiger partial charge is 0.374 e.